The Morgan fingerprint density at radius 3 is 2.50 bits per heavy atom. The molecule has 0 fully saturated rings. The standard InChI is InChI=1S/C8H12BrNOS/c1-5-6(9)4-7(12-5)8(2,3)11-10/h4H,10H2,1-3H3. The van der Waals surface area contributed by atoms with Gasteiger partial charge in [0.2, 0.25) is 0 Å². The van der Waals surface area contributed by atoms with Gasteiger partial charge in [0.15, 0.2) is 0 Å². The van der Waals surface area contributed by atoms with E-state index in [-0.39, 0.29) is 5.60 Å². The normalized spacial score (nSPS) is 12.1. The smallest absolute Gasteiger partial charge is 0.118 e. The van der Waals surface area contributed by atoms with Crippen LogP contribution in [0, 0.1) is 6.92 Å². The van der Waals surface area contributed by atoms with Crippen LogP contribution in [0.5, 0.6) is 0 Å². The summed E-state index contributed by atoms with van der Waals surface area (Å²) >= 11 is 5.15. The number of hydrogen-bond acceptors (Lipinski definition) is 3. The maximum absolute atomic E-state index is 5.19. The summed E-state index contributed by atoms with van der Waals surface area (Å²) in [4.78, 5) is 7.26. The Morgan fingerprint density at radius 2 is 2.17 bits per heavy atom. The van der Waals surface area contributed by atoms with Gasteiger partial charge in [-0.3, -0.25) is 4.84 Å². The third-order valence-corrected chi connectivity index (χ3v) is 4.19. The molecule has 12 heavy (non-hydrogen) atoms. The molecule has 0 aromatic carbocycles. The van der Waals surface area contributed by atoms with Crippen LogP contribution in [-0.4, -0.2) is 0 Å². The van der Waals surface area contributed by atoms with Crippen LogP contribution in [0.1, 0.15) is 23.6 Å². The molecule has 4 heteroatoms. The summed E-state index contributed by atoms with van der Waals surface area (Å²) in [5.41, 5.74) is -0.387. The average Bonchev–Trinajstić information content (AvgIpc) is 2.33. The summed E-state index contributed by atoms with van der Waals surface area (Å²) in [7, 11) is 0. The van der Waals surface area contributed by atoms with Gasteiger partial charge in [0.25, 0.3) is 0 Å². The molecule has 0 aliphatic rings. The second kappa shape index (κ2) is 3.46. The van der Waals surface area contributed by atoms with Gasteiger partial charge in [-0.15, -0.1) is 11.3 Å². The molecule has 0 saturated carbocycles. The van der Waals surface area contributed by atoms with Crippen LogP contribution >= 0.6 is 27.3 Å². The SMILES string of the molecule is Cc1sc(C(C)(C)ON)cc1Br. The van der Waals surface area contributed by atoms with E-state index in [0.29, 0.717) is 0 Å². The van der Waals surface area contributed by atoms with Crippen LogP contribution in [0.4, 0.5) is 0 Å². The fourth-order valence-corrected chi connectivity index (χ4v) is 2.39. The Hall–Kier alpha value is 0.100. The Kier molecular flexibility index (Phi) is 2.93. The number of thiophene rings is 1. The molecule has 0 radical (unpaired) electrons. The molecule has 0 atom stereocenters. The lowest BCUT2D eigenvalue weighted by Crippen LogP contribution is -2.23. The highest BCUT2D eigenvalue weighted by Crippen LogP contribution is 2.34. The Morgan fingerprint density at radius 1 is 1.58 bits per heavy atom. The van der Waals surface area contributed by atoms with Crippen LogP contribution in [-0.2, 0) is 10.4 Å². The highest BCUT2D eigenvalue weighted by Gasteiger charge is 2.23. The van der Waals surface area contributed by atoms with E-state index in [0.717, 1.165) is 9.35 Å². The van der Waals surface area contributed by atoms with Crippen molar-refractivity contribution in [3.8, 4) is 0 Å². The van der Waals surface area contributed by atoms with E-state index in [2.05, 4.69) is 22.9 Å². The Bertz CT molecular complexity index is 263. The zero-order valence-electron chi connectivity index (χ0n) is 7.35. The summed E-state index contributed by atoms with van der Waals surface area (Å²) in [6, 6.07) is 2.05. The lowest BCUT2D eigenvalue weighted by Gasteiger charge is -2.19. The van der Waals surface area contributed by atoms with Gasteiger partial charge in [0.05, 0.1) is 0 Å². The minimum absolute atomic E-state index is 0.387. The molecule has 0 spiro atoms. The highest BCUT2D eigenvalue weighted by atomic mass is 79.9. The van der Waals surface area contributed by atoms with E-state index in [4.69, 9.17) is 10.7 Å². The minimum atomic E-state index is -0.387. The van der Waals surface area contributed by atoms with Gasteiger partial charge in [-0.1, -0.05) is 0 Å². The molecule has 0 bridgehead atoms. The van der Waals surface area contributed by atoms with Crippen LogP contribution < -0.4 is 5.90 Å². The molecule has 68 valence electrons. The minimum Gasteiger partial charge on any atom is -0.293 e. The molecule has 2 N–H and O–H groups in total. The third kappa shape index (κ3) is 1.88. The first-order chi connectivity index (χ1) is 5.47. The number of nitrogens with two attached hydrogens (primary N) is 1. The fourth-order valence-electron chi connectivity index (χ4n) is 0.815. The first kappa shape index (κ1) is 10.2. The molecule has 0 aliphatic carbocycles. The van der Waals surface area contributed by atoms with Crippen LogP contribution in [0.15, 0.2) is 10.5 Å². The number of aryl methyl sites for hydroxylation is 1. The van der Waals surface area contributed by atoms with Gasteiger partial charge >= 0.3 is 0 Å². The van der Waals surface area contributed by atoms with E-state index in [1.165, 1.54) is 4.88 Å². The van der Waals surface area contributed by atoms with Crippen molar-refractivity contribution in [3.63, 3.8) is 0 Å². The molecule has 0 amide bonds. The number of hydrogen-bond donors (Lipinski definition) is 1. The molecule has 1 aromatic rings. The van der Waals surface area contributed by atoms with E-state index < -0.39 is 0 Å². The van der Waals surface area contributed by atoms with Gasteiger partial charge in [0.1, 0.15) is 5.60 Å². The maximum atomic E-state index is 5.19. The van der Waals surface area contributed by atoms with E-state index in [1.54, 1.807) is 11.3 Å². The van der Waals surface area contributed by atoms with Crippen LogP contribution in [0.3, 0.4) is 0 Å². The zero-order valence-corrected chi connectivity index (χ0v) is 9.75. The first-order valence-electron chi connectivity index (χ1n) is 3.61. The summed E-state index contributed by atoms with van der Waals surface area (Å²) in [5, 5.41) is 0. The Labute approximate surface area is 84.8 Å². The van der Waals surface area contributed by atoms with Crippen LogP contribution in [0.2, 0.25) is 0 Å². The molecular weight excluding hydrogens is 238 g/mol. The largest absolute Gasteiger partial charge is 0.293 e. The highest BCUT2D eigenvalue weighted by molar-refractivity contribution is 9.10. The van der Waals surface area contributed by atoms with Gasteiger partial charge in [0, 0.05) is 14.2 Å². The van der Waals surface area contributed by atoms with Crippen molar-refractivity contribution in [1.29, 1.82) is 0 Å². The summed E-state index contributed by atoms with van der Waals surface area (Å²) < 4.78 is 1.12. The second-order valence-corrected chi connectivity index (χ2v) is 5.25. The zero-order chi connectivity index (χ0) is 9.35. The molecule has 1 rings (SSSR count). The summed E-state index contributed by atoms with van der Waals surface area (Å²) in [5.74, 6) is 5.19. The lowest BCUT2D eigenvalue weighted by molar-refractivity contribution is -0.0208. The quantitative estimate of drug-likeness (QED) is 0.819. The molecule has 0 saturated heterocycles. The van der Waals surface area contributed by atoms with Crippen LogP contribution in [0.25, 0.3) is 0 Å². The van der Waals surface area contributed by atoms with Gasteiger partial charge in [-0.05, 0) is 42.8 Å². The number of rotatable bonds is 2. The molecule has 0 aliphatic heterocycles. The molecule has 1 aromatic heterocycles. The Balaban J connectivity index is 3.04. The van der Waals surface area contributed by atoms with Gasteiger partial charge < -0.3 is 0 Å². The van der Waals surface area contributed by atoms with Gasteiger partial charge in [-0.2, -0.15) is 0 Å². The van der Waals surface area contributed by atoms with E-state index in [1.807, 2.05) is 19.9 Å². The second-order valence-electron chi connectivity index (χ2n) is 3.14. The number of halogens is 1. The fraction of sp³-hybridized carbons (Fsp3) is 0.500. The van der Waals surface area contributed by atoms with Crippen molar-refractivity contribution in [2.24, 2.45) is 5.90 Å². The summed E-state index contributed by atoms with van der Waals surface area (Å²) in [6.07, 6.45) is 0. The molecule has 0 unspecified atom stereocenters. The van der Waals surface area contributed by atoms with Crippen molar-refractivity contribution in [2.45, 2.75) is 26.4 Å². The topological polar surface area (TPSA) is 35.2 Å². The molecular formula is C8H12BrNOS. The van der Waals surface area contributed by atoms with Crippen molar-refractivity contribution in [2.75, 3.05) is 0 Å². The molecule has 2 nitrogen and oxygen atoms in total. The van der Waals surface area contributed by atoms with Crippen molar-refractivity contribution < 1.29 is 4.84 Å². The van der Waals surface area contributed by atoms with Crippen molar-refractivity contribution in [1.82, 2.24) is 0 Å². The van der Waals surface area contributed by atoms with E-state index >= 15 is 0 Å². The van der Waals surface area contributed by atoms with E-state index in [9.17, 15) is 0 Å². The van der Waals surface area contributed by atoms with Crippen molar-refractivity contribution in [3.05, 3.63) is 20.3 Å². The third-order valence-electron chi connectivity index (χ3n) is 1.75. The monoisotopic (exact) mass is 249 g/mol. The predicted molar refractivity (Wildman–Crippen MR) is 55.1 cm³/mol. The lowest BCUT2D eigenvalue weighted by atomic mass is 10.1. The first-order valence-corrected chi connectivity index (χ1v) is 5.22. The summed E-state index contributed by atoms with van der Waals surface area (Å²) in [6.45, 7) is 5.96. The molecule has 1 heterocycles. The maximum Gasteiger partial charge on any atom is 0.118 e. The van der Waals surface area contributed by atoms with Gasteiger partial charge in [-0.25, -0.2) is 5.90 Å². The predicted octanol–water partition coefficient (Wildman–Crippen LogP) is 2.94. The average molecular weight is 250 g/mol. The van der Waals surface area contributed by atoms with Crippen molar-refractivity contribution >= 4 is 27.3 Å².